The Morgan fingerprint density at radius 2 is 2.03 bits per heavy atom. The molecule has 1 fully saturated rings. The maximum atomic E-state index is 12.9. The lowest BCUT2D eigenvalue weighted by molar-refractivity contribution is 0.114. The highest BCUT2D eigenvalue weighted by molar-refractivity contribution is 5.61. The van der Waals surface area contributed by atoms with Crippen LogP contribution in [0.25, 0.3) is 11.3 Å². The smallest absolute Gasteiger partial charge is 0.251 e. The summed E-state index contributed by atoms with van der Waals surface area (Å²) < 4.78 is 1.96. The molecule has 2 atom stereocenters. The Labute approximate surface area is 169 Å². The van der Waals surface area contributed by atoms with E-state index >= 15 is 0 Å². The van der Waals surface area contributed by atoms with E-state index in [9.17, 15) is 4.79 Å². The number of nitrogens with zero attached hydrogens (tertiary/aromatic N) is 5. The van der Waals surface area contributed by atoms with Crippen molar-refractivity contribution in [3.05, 3.63) is 70.2 Å². The molecule has 0 radical (unpaired) electrons. The molecule has 2 N–H and O–H groups in total. The number of anilines is 1. The number of pyridine rings is 2. The van der Waals surface area contributed by atoms with Crippen LogP contribution in [-0.4, -0.2) is 37.5 Å². The molecule has 1 saturated heterocycles. The summed E-state index contributed by atoms with van der Waals surface area (Å²) in [5, 5.41) is 0. The molecule has 2 aliphatic heterocycles. The fourth-order valence-electron chi connectivity index (χ4n) is 4.79. The molecule has 5 rings (SSSR count). The van der Waals surface area contributed by atoms with Gasteiger partial charge in [-0.05, 0) is 37.0 Å². The summed E-state index contributed by atoms with van der Waals surface area (Å²) in [6.07, 6.45) is 4.40. The fraction of sp³-hybridized carbons (Fsp3) is 0.364. The highest BCUT2D eigenvalue weighted by Gasteiger charge is 2.35. The van der Waals surface area contributed by atoms with Crippen molar-refractivity contribution < 1.29 is 0 Å². The molecule has 3 aromatic heterocycles. The van der Waals surface area contributed by atoms with Gasteiger partial charge in [-0.2, -0.15) is 0 Å². The molecule has 3 aromatic rings. The van der Waals surface area contributed by atoms with Crippen molar-refractivity contribution in [3.8, 4) is 11.3 Å². The van der Waals surface area contributed by atoms with Crippen molar-refractivity contribution >= 4 is 5.82 Å². The molecule has 2 aliphatic rings. The van der Waals surface area contributed by atoms with E-state index in [4.69, 9.17) is 5.73 Å². The number of likely N-dealkylation sites (tertiary alicyclic amines) is 1. The third-order valence-electron chi connectivity index (χ3n) is 6.13. The average molecular weight is 388 g/mol. The Kier molecular flexibility index (Phi) is 4.39. The summed E-state index contributed by atoms with van der Waals surface area (Å²) in [7, 11) is 0. The van der Waals surface area contributed by atoms with Gasteiger partial charge in [0.2, 0.25) is 0 Å². The van der Waals surface area contributed by atoms with Crippen LogP contribution in [0.4, 0.5) is 5.82 Å². The number of nitrogen functional groups attached to an aromatic ring is 1. The number of aryl methyl sites for hydroxylation is 1. The van der Waals surface area contributed by atoms with Gasteiger partial charge < -0.3 is 10.3 Å². The van der Waals surface area contributed by atoms with Crippen molar-refractivity contribution in [1.29, 1.82) is 0 Å². The molecular weight excluding hydrogens is 364 g/mol. The summed E-state index contributed by atoms with van der Waals surface area (Å²) in [5.74, 6) is 1.24. The van der Waals surface area contributed by atoms with E-state index in [0.29, 0.717) is 23.3 Å². The predicted molar refractivity (Wildman–Crippen MR) is 111 cm³/mol. The lowest BCUT2D eigenvalue weighted by Crippen LogP contribution is -2.46. The van der Waals surface area contributed by atoms with Gasteiger partial charge in [-0.25, -0.2) is 9.97 Å². The minimum absolute atomic E-state index is 0.0425. The molecule has 0 unspecified atom stereocenters. The lowest BCUT2D eigenvalue weighted by atomic mass is 9.82. The lowest BCUT2D eigenvalue weighted by Gasteiger charge is -2.43. The zero-order valence-corrected chi connectivity index (χ0v) is 16.5. The van der Waals surface area contributed by atoms with Gasteiger partial charge in [-0.15, -0.1) is 0 Å². The molecule has 7 nitrogen and oxygen atoms in total. The Bertz CT molecular complexity index is 1120. The first-order valence-electron chi connectivity index (χ1n) is 10.0. The SMILES string of the molecule is Cc1ncccc1CN1C[C@@H]2C[C@H](C1)c1cc(-c3cc(N)ncn3)cc(=O)n1C2. The van der Waals surface area contributed by atoms with Crippen LogP contribution in [0.3, 0.4) is 0 Å². The van der Waals surface area contributed by atoms with Crippen molar-refractivity contribution in [3.63, 3.8) is 0 Å². The number of piperidine rings is 1. The van der Waals surface area contributed by atoms with E-state index in [-0.39, 0.29) is 5.56 Å². The first-order valence-corrected chi connectivity index (χ1v) is 10.0. The van der Waals surface area contributed by atoms with Crippen molar-refractivity contribution in [2.45, 2.75) is 32.4 Å². The van der Waals surface area contributed by atoms with Crippen molar-refractivity contribution in [2.24, 2.45) is 5.92 Å². The summed E-state index contributed by atoms with van der Waals surface area (Å²) in [4.78, 5) is 28.0. The molecule has 0 aliphatic carbocycles. The fourth-order valence-corrected chi connectivity index (χ4v) is 4.79. The van der Waals surface area contributed by atoms with Crippen LogP contribution in [-0.2, 0) is 13.1 Å². The predicted octanol–water partition coefficient (Wildman–Crippen LogP) is 2.21. The van der Waals surface area contributed by atoms with Gasteiger partial charge in [0.15, 0.2) is 0 Å². The molecular formula is C22H24N6O. The van der Waals surface area contributed by atoms with Crippen LogP contribution in [0.1, 0.15) is 29.3 Å². The minimum Gasteiger partial charge on any atom is -0.384 e. The maximum absolute atomic E-state index is 12.9. The van der Waals surface area contributed by atoms with Gasteiger partial charge in [0, 0.05) is 67.4 Å². The standard InChI is InChI=1S/C22H24N6O/c1-14-16(3-2-4-24-14)11-27-9-15-5-18(12-27)20-6-17(7-22(29)28(20)10-15)19-8-21(23)26-13-25-19/h2-4,6-8,13,15,18H,5,9-12H2,1H3,(H2,23,25,26)/t15-,18+/m0/s1. The number of fused-ring (bicyclic) bond motifs is 4. The first kappa shape index (κ1) is 18.0. The highest BCUT2D eigenvalue weighted by Crippen LogP contribution is 2.37. The Morgan fingerprint density at radius 1 is 1.14 bits per heavy atom. The summed E-state index contributed by atoms with van der Waals surface area (Å²) >= 11 is 0. The van der Waals surface area contributed by atoms with Crippen LogP contribution >= 0.6 is 0 Å². The maximum Gasteiger partial charge on any atom is 0.251 e. The summed E-state index contributed by atoms with van der Waals surface area (Å²) in [6.45, 7) is 5.70. The van der Waals surface area contributed by atoms with Crippen LogP contribution in [0, 0.1) is 12.8 Å². The second-order valence-corrected chi connectivity index (χ2v) is 8.19. The van der Waals surface area contributed by atoms with E-state index in [2.05, 4.69) is 38.9 Å². The highest BCUT2D eigenvalue weighted by atomic mass is 16.1. The number of rotatable bonds is 3. The van der Waals surface area contributed by atoms with E-state index in [1.165, 1.54) is 11.9 Å². The molecule has 29 heavy (non-hydrogen) atoms. The molecule has 0 amide bonds. The number of hydrogen-bond donors (Lipinski definition) is 1. The van der Waals surface area contributed by atoms with Crippen LogP contribution in [0.2, 0.25) is 0 Å². The van der Waals surface area contributed by atoms with Gasteiger partial charge in [0.1, 0.15) is 12.1 Å². The second-order valence-electron chi connectivity index (χ2n) is 8.19. The van der Waals surface area contributed by atoms with E-state index in [1.807, 2.05) is 16.8 Å². The molecule has 0 saturated carbocycles. The van der Waals surface area contributed by atoms with Gasteiger partial charge in [0.25, 0.3) is 5.56 Å². The largest absolute Gasteiger partial charge is 0.384 e. The first-order chi connectivity index (χ1) is 14.1. The van der Waals surface area contributed by atoms with Crippen molar-refractivity contribution in [2.75, 3.05) is 18.8 Å². The van der Waals surface area contributed by atoms with E-state index < -0.39 is 0 Å². The van der Waals surface area contributed by atoms with Crippen molar-refractivity contribution in [1.82, 2.24) is 24.4 Å². The molecule has 0 spiro atoms. The van der Waals surface area contributed by atoms with Crippen LogP contribution in [0.15, 0.2) is 47.7 Å². The Hall–Kier alpha value is -3.06. The van der Waals surface area contributed by atoms with Gasteiger partial charge in [-0.1, -0.05) is 6.07 Å². The zero-order valence-electron chi connectivity index (χ0n) is 16.5. The van der Waals surface area contributed by atoms with Gasteiger partial charge in [0.05, 0.1) is 5.69 Å². The van der Waals surface area contributed by atoms with E-state index in [1.54, 1.807) is 12.1 Å². The zero-order chi connectivity index (χ0) is 20.0. The number of hydrogen-bond acceptors (Lipinski definition) is 6. The van der Waals surface area contributed by atoms with Gasteiger partial charge in [-0.3, -0.25) is 14.7 Å². The molecule has 2 bridgehead atoms. The van der Waals surface area contributed by atoms with Gasteiger partial charge >= 0.3 is 0 Å². The molecule has 7 heteroatoms. The average Bonchev–Trinajstić information content (AvgIpc) is 2.70. The minimum atomic E-state index is 0.0425. The Balaban J connectivity index is 1.47. The summed E-state index contributed by atoms with van der Waals surface area (Å²) in [5.41, 5.74) is 10.8. The third kappa shape index (κ3) is 3.42. The van der Waals surface area contributed by atoms with Crippen LogP contribution < -0.4 is 11.3 Å². The van der Waals surface area contributed by atoms with Crippen LogP contribution in [0.5, 0.6) is 0 Å². The topological polar surface area (TPSA) is 89.9 Å². The quantitative estimate of drug-likeness (QED) is 0.740. The second kappa shape index (κ2) is 7.08. The Morgan fingerprint density at radius 3 is 2.86 bits per heavy atom. The number of nitrogens with two attached hydrogens (primary N) is 1. The summed E-state index contributed by atoms with van der Waals surface area (Å²) in [6, 6.07) is 9.66. The number of aromatic nitrogens is 4. The third-order valence-corrected chi connectivity index (χ3v) is 6.13. The molecule has 5 heterocycles. The van der Waals surface area contributed by atoms with E-state index in [0.717, 1.165) is 49.6 Å². The molecule has 0 aromatic carbocycles. The molecule has 148 valence electrons. The normalized spacial score (nSPS) is 21.0. The monoisotopic (exact) mass is 388 g/mol.